The van der Waals surface area contributed by atoms with Crippen LogP contribution in [0.4, 0.5) is 24.5 Å². The van der Waals surface area contributed by atoms with E-state index in [-0.39, 0.29) is 25.1 Å². The van der Waals surface area contributed by atoms with E-state index in [9.17, 15) is 32.3 Å². The van der Waals surface area contributed by atoms with Crippen molar-refractivity contribution in [1.29, 1.82) is 0 Å². The van der Waals surface area contributed by atoms with Gasteiger partial charge in [0.05, 0.1) is 42.3 Å². The predicted molar refractivity (Wildman–Crippen MR) is 169 cm³/mol. The predicted octanol–water partition coefficient (Wildman–Crippen LogP) is 7.98. The minimum absolute atomic E-state index is 0.0555. The highest BCUT2D eigenvalue weighted by Crippen LogP contribution is 2.56. The molecule has 3 aromatic carbocycles. The molecule has 2 aliphatic rings. The van der Waals surface area contributed by atoms with Crippen molar-refractivity contribution < 1.29 is 27.6 Å². The molecule has 1 fully saturated rings. The van der Waals surface area contributed by atoms with Gasteiger partial charge < -0.3 is 5.32 Å². The van der Waals surface area contributed by atoms with Crippen molar-refractivity contribution in [2.75, 3.05) is 10.2 Å². The molecule has 7 nitrogen and oxygen atoms in total. The molecule has 0 spiro atoms. The molecular weight excluding hydrogens is 717 g/mol. The fourth-order valence-electron chi connectivity index (χ4n) is 5.41. The van der Waals surface area contributed by atoms with Gasteiger partial charge in [0.2, 0.25) is 17.7 Å². The molecule has 2 aliphatic heterocycles. The van der Waals surface area contributed by atoms with Crippen LogP contribution < -0.4 is 15.1 Å². The number of fused-ring (bicyclic) bond motifs is 2. The van der Waals surface area contributed by atoms with Gasteiger partial charge >= 0.3 is 11.0 Å². The number of halogens is 7. The van der Waals surface area contributed by atoms with Crippen molar-refractivity contribution >= 4 is 98.6 Å². The van der Waals surface area contributed by atoms with E-state index in [1.54, 1.807) is 12.1 Å². The van der Waals surface area contributed by atoms with Crippen LogP contribution in [0, 0.1) is 5.92 Å². The molecule has 1 N–H and O–H groups in total. The van der Waals surface area contributed by atoms with Crippen molar-refractivity contribution in [2.45, 2.75) is 28.9 Å². The van der Waals surface area contributed by atoms with Crippen molar-refractivity contribution in [3.05, 3.63) is 106 Å². The number of anilines is 2. The average molecular weight is 733 g/mol. The van der Waals surface area contributed by atoms with Crippen molar-refractivity contribution in [2.24, 2.45) is 5.92 Å². The van der Waals surface area contributed by atoms with E-state index in [0.717, 1.165) is 45.9 Å². The second kappa shape index (κ2) is 12.0. The third kappa shape index (κ3) is 5.66. The van der Waals surface area contributed by atoms with Gasteiger partial charge in [0.1, 0.15) is 11.8 Å². The van der Waals surface area contributed by atoms with E-state index in [0.29, 0.717) is 21.0 Å². The number of aromatic nitrogens is 1. The van der Waals surface area contributed by atoms with E-state index in [2.05, 4.69) is 5.32 Å². The van der Waals surface area contributed by atoms with Crippen LogP contribution in [-0.2, 0) is 27.1 Å². The van der Waals surface area contributed by atoms with Crippen molar-refractivity contribution in [3.8, 4) is 0 Å². The van der Waals surface area contributed by atoms with Crippen LogP contribution >= 0.6 is 69.5 Å². The third-order valence-electron chi connectivity index (χ3n) is 7.32. The Morgan fingerprint density at radius 3 is 2.33 bits per heavy atom. The van der Waals surface area contributed by atoms with E-state index in [4.69, 9.17) is 46.4 Å². The molecule has 4 aromatic rings. The fraction of sp³-hybridized carbons (Fsp3) is 0.172. The maximum atomic E-state index is 14.0. The molecule has 232 valence electrons. The van der Waals surface area contributed by atoms with Crippen LogP contribution in [0.15, 0.2) is 70.5 Å². The second-order valence-corrected chi connectivity index (χ2v) is 13.7. The number of amides is 3. The standard InChI is InChI=1S/C29H16Cl4F3N3O4S2/c30-15-9-8-12(10-17(15)32)37-19(40)11-38-27-24(45-28(38)43)20(13-4-3-6-16(31)22(13)33)21-23(44-27)26(42)39(25(21)41)18-7-2-1-5-14(18)29(34,35)36/h1-10,20-21,23H,11H2,(H,37,40)/t20-,21?,23?/m1/s1. The Hall–Kier alpha value is -3.00. The first-order chi connectivity index (χ1) is 21.3. The Balaban J connectivity index is 1.45. The normalized spacial score (nSPS) is 19.4. The number of hydrogen-bond donors (Lipinski definition) is 1. The number of nitrogens with one attached hydrogen (secondary N) is 1. The number of carbonyl (C=O) groups is 3. The zero-order valence-electron chi connectivity index (χ0n) is 22.2. The topological polar surface area (TPSA) is 88.5 Å². The van der Waals surface area contributed by atoms with Gasteiger partial charge in [-0.25, -0.2) is 4.90 Å². The van der Waals surface area contributed by atoms with Crippen molar-refractivity contribution in [1.82, 2.24) is 4.57 Å². The summed E-state index contributed by atoms with van der Waals surface area (Å²) < 4.78 is 43.1. The van der Waals surface area contributed by atoms with Gasteiger partial charge in [0, 0.05) is 16.5 Å². The summed E-state index contributed by atoms with van der Waals surface area (Å²) in [5.74, 6) is -4.65. The molecule has 45 heavy (non-hydrogen) atoms. The number of rotatable bonds is 5. The molecule has 3 atom stereocenters. The number of thioether (sulfide) groups is 1. The molecule has 0 bridgehead atoms. The molecule has 6 rings (SSSR count). The maximum Gasteiger partial charge on any atom is 0.418 e. The molecule has 16 heteroatoms. The molecule has 0 saturated carbocycles. The molecule has 3 heterocycles. The Morgan fingerprint density at radius 2 is 1.62 bits per heavy atom. The first-order valence-corrected chi connectivity index (χ1v) is 16.1. The fourth-order valence-corrected chi connectivity index (χ4v) is 8.90. The van der Waals surface area contributed by atoms with Gasteiger partial charge in [-0.15, -0.1) is 0 Å². The number of imide groups is 1. The lowest BCUT2D eigenvalue weighted by molar-refractivity contribution is -0.137. The zero-order valence-corrected chi connectivity index (χ0v) is 26.9. The van der Waals surface area contributed by atoms with Crippen LogP contribution in [0.5, 0.6) is 0 Å². The number of benzene rings is 3. The number of thiazole rings is 1. The summed E-state index contributed by atoms with van der Waals surface area (Å²) >= 11 is 26.5. The van der Waals surface area contributed by atoms with Gasteiger partial charge in [0.15, 0.2) is 0 Å². The summed E-state index contributed by atoms with van der Waals surface area (Å²) in [6.45, 7) is -0.478. The first-order valence-electron chi connectivity index (χ1n) is 12.9. The smallest absolute Gasteiger partial charge is 0.324 e. The molecule has 1 aromatic heterocycles. The second-order valence-electron chi connectivity index (χ2n) is 10.0. The minimum atomic E-state index is -4.85. The summed E-state index contributed by atoms with van der Waals surface area (Å²) in [6, 6.07) is 13.4. The first kappa shape index (κ1) is 32.0. The Morgan fingerprint density at radius 1 is 0.889 bits per heavy atom. The average Bonchev–Trinajstić information content (AvgIpc) is 3.42. The lowest BCUT2D eigenvalue weighted by Gasteiger charge is -2.31. The Kier molecular flexibility index (Phi) is 8.51. The highest BCUT2D eigenvalue weighted by molar-refractivity contribution is 8.00. The van der Waals surface area contributed by atoms with Gasteiger partial charge in [-0.2, -0.15) is 13.2 Å². The molecule has 2 unspecified atom stereocenters. The van der Waals surface area contributed by atoms with E-state index >= 15 is 0 Å². The minimum Gasteiger partial charge on any atom is -0.324 e. The quantitative estimate of drug-likeness (QED) is 0.210. The Labute approximate surface area is 280 Å². The summed E-state index contributed by atoms with van der Waals surface area (Å²) in [5, 5.41) is 2.26. The number of para-hydroxylation sites is 1. The Bertz CT molecular complexity index is 1970. The molecule has 1 saturated heterocycles. The highest BCUT2D eigenvalue weighted by Gasteiger charge is 2.58. The lowest BCUT2D eigenvalue weighted by atomic mass is 9.83. The lowest BCUT2D eigenvalue weighted by Crippen LogP contribution is -2.33. The monoisotopic (exact) mass is 731 g/mol. The largest absolute Gasteiger partial charge is 0.418 e. The summed E-state index contributed by atoms with van der Waals surface area (Å²) in [7, 11) is 0. The summed E-state index contributed by atoms with van der Waals surface area (Å²) in [4.78, 5) is 54.6. The maximum absolute atomic E-state index is 14.0. The molecule has 3 amide bonds. The van der Waals surface area contributed by atoms with Crippen LogP contribution in [-0.4, -0.2) is 27.5 Å². The zero-order chi connectivity index (χ0) is 32.4. The number of hydrogen-bond acceptors (Lipinski definition) is 6. The molecule has 0 aliphatic carbocycles. The SMILES string of the molecule is O=C(Cn1c2c(sc1=O)[C@H](c1cccc(Cl)c1Cl)C1C(=O)N(c3ccccc3C(F)(F)F)C(=O)C1S2)Nc1ccc(Cl)c(Cl)c1. The van der Waals surface area contributed by atoms with Crippen molar-refractivity contribution in [3.63, 3.8) is 0 Å². The van der Waals surface area contributed by atoms with Crippen LogP contribution in [0.3, 0.4) is 0 Å². The number of carbonyl (C=O) groups excluding carboxylic acids is 3. The van der Waals surface area contributed by atoms with E-state index < -0.39 is 63.7 Å². The van der Waals surface area contributed by atoms with Crippen LogP contribution in [0.2, 0.25) is 20.1 Å². The van der Waals surface area contributed by atoms with Gasteiger partial charge in [-0.05, 0) is 42.0 Å². The highest BCUT2D eigenvalue weighted by atomic mass is 35.5. The van der Waals surface area contributed by atoms with Gasteiger partial charge in [-0.3, -0.25) is 23.7 Å². The molecular formula is C29H16Cl4F3N3O4S2. The third-order valence-corrected chi connectivity index (χ3v) is 11.5. The number of nitrogens with zero attached hydrogens (tertiary/aromatic N) is 2. The van der Waals surface area contributed by atoms with Gasteiger partial charge in [0.25, 0.3) is 0 Å². The van der Waals surface area contributed by atoms with E-state index in [1.807, 2.05) is 0 Å². The van der Waals surface area contributed by atoms with Gasteiger partial charge in [-0.1, -0.05) is 93.8 Å². The number of alkyl halides is 3. The summed E-state index contributed by atoms with van der Waals surface area (Å²) in [5.41, 5.74) is -1.13. The van der Waals surface area contributed by atoms with Crippen LogP contribution in [0.1, 0.15) is 21.9 Å². The molecule has 0 radical (unpaired) electrons. The van der Waals surface area contributed by atoms with E-state index in [1.165, 1.54) is 30.3 Å². The van der Waals surface area contributed by atoms with Crippen LogP contribution in [0.25, 0.3) is 0 Å². The summed E-state index contributed by atoms with van der Waals surface area (Å²) in [6.07, 6.45) is -4.85.